The Labute approximate surface area is 83.7 Å². The van der Waals surface area contributed by atoms with Crippen molar-refractivity contribution in [3.63, 3.8) is 0 Å². The topological polar surface area (TPSA) is 28.7 Å². The van der Waals surface area contributed by atoms with Crippen molar-refractivity contribution in [2.24, 2.45) is 0 Å². The van der Waals surface area contributed by atoms with Crippen LogP contribution in [0.2, 0.25) is 0 Å². The van der Waals surface area contributed by atoms with Crippen LogP contribution in [0.4, 0.5) is 4.39 Å². The normalized spacial score (nSPS) is 12.3. The monoisotopic (exact) mass is 194 g/mol. The van der Waals surface area contributed by atoms with Gasteiger partial charge in [-0.25, -0.2) is 9.37 Å². The maximum Gasteiger partial charge on any atom is 0.145 e. The second-order valence-electron chi connectivity index (χ2n) is 4.47. The lowest BCUT2D eigenvalue weighted by Crippen LogP contribution is -2.14. The first-order valence-electron chi connectivity index (χ1n) is 4.62. The van der Waals surface area contributed by atoms with Gasteiger partial charge in [-0.05, 0) is 11.5 Å². The summed E-state index contributed by atoms with van der Waals surface area (Å²) in [5.74, 6) is -0.232. The molecule has 0 fully saturated rings. The molecule has 2 heterocycles. The quantitative estimate of drug-likeness (QED) is 0.685. The van der Waals surface area contributed by atoms with Crippen molar-refractivity contribution in [3.8, 4) is 0 Å². The number of H-pyrrole nitrogens is 1. The van der Waals surface area contributed by atoms with Gasteiger partial charge in [-0.15, -0.1) is 0 Å². The molecule has 14 heavy (non-hydrogen) atoms. The highest BCUT2D eigenvalue weighted by Crippen LogP contribution is 2.30. The number of nitrogens with zero attached hydrogens (tertiary/aromatic N) is 1. The zero-order valence-electron chi connectivity index (χ0n) is 8.56. The molecule has 3 heteroatoms. The van der Waals surface area contributed by atoms with Gasteiger partial charge < -0.3 is 4.98 Å². The number of nitrogens with one attached hydrogen (secondary N) is 1. The van der Waals surface area contributed by atoms with E-state index in [0.717, 1.165) is 16.6 Å². The Morgan fingerprint density at radius 3 is 2.79 bits per heavy atom. The van der Waals surface area contributed by atoms with E-state index in [1.807, 2.05) is 26.8 Å². The van der Waals surface area contributed by atoms with E-state index in [1.54, 1.807) is 6.20 Å². The molecule has 0 saturated carbocycles. The Morgan fingerprint density at radius 2 is 2.14 bits per heavy atom. The fourth-order valence-electron chi connectivity index (χ4n) is 1.75. The van der Waals surface area contributed by atoms with Gasteiger partial charge in [0.2, 0.25) is 0 Å². The fraction of sp³-hybridized carbons (Fsp3) is 0.364. The first-order chi connectivity index (χ1) is 6.50. The van der Waals surface area contributed by atoms with E-state index in [-0.39, 0.29) is 12.7 Å². The van der Waals surface area contributed by atoms with Gasteiger partial charge in [-0.1, -0.05) is 20.8 Å². The van der Waals surface area contributed by atoms with Crippen LogP contribution in [0.5, 0.6) is 0 Å². The highest BCUT2D eigenvalue weighted by molar-refractivity contribution is 5.80. The van der Waals surface area contributed by atoms with Gasteiger partial charge in [0.05, 0.1) is 6.20 Å². The minimum absolute atomic E-state index is 0. The number of aromatic amines is 1. The summed E-state index contributed by atoms with van der Waals surface area (Å²) >= 11 is 0. The van der Waals surface area contributed by atoms with Crippen LogP contribution < -0.4 is 0 Å². The van der Waals surface area contributed by atoms with Crippen LogP contribution >= 0.6 is 0 Å². The highest BCUT2D eigenvalue weighted by atomic mass is 19.1. The molecule has 2 aromatic heterocycles. The van der Waals surface area contributed by atoms with E-state index in [9.17, 15) is 4.39 Å². The van der Waals surface area contributed by atoms with Gasteiger partial charge >= 0.3 is 0 Å². The number of hydrogen-bond acceptors (Lipinski definition) is 1. The molecular formula is C11H15FN2. The predicted octanol–water partition coefficient (Wildman–Crippen LogP) is 3.25. The Hall–Kier alpha value is -1.38. The summed E-state index contributed by atoms with van der Waals surface area (Å²) in [7, 11) is 0. The Bertz CT molecular complexity index is 471. The summed E-state index contributed by atoms with van der Waals surface area (Å²) < 4.78 is 13.6. The first kappa shape index (κ1) is 9.19. The number of aromatic nitrogens is 2. The molecule has 0 atom stereocenters. The second-order valence-corrected chi connectivity index (χ2v) is 4.47. The van der Waals surface area contributed by atoms with E-state index in [2.05, 4.69) is 9.97 Å². The number of rotatable bonds is 0. The zero-order chi connectivity index (χ0) is 10.3. The Kier molecular flexibility index (Phi) is 1.84. The van der Waals surface area contributed by atoms with Gasteiger partial charge in [-0.3, -0.25) is 0 Å². The minimum Gasteiger partial charge on any atom is -0.346 e. The summed E-state index contributed by atoms with van der Waals surface area (Å²) in [6.45, 7) is 5.99. The Balaban J connectivity index is 0.00000112. The van der Waals surface area contributed by atoms with Crippen molar-refractivity contribution in [2.45, 2.75) is 26.2 Å². The zero-order valence-corrected chi connectivity index (χ0v) is 8.56. The minimum atomic E-state index is -0.232. The van der Waals surface area contributed by atoms with Crippen molar-refractivity contribution in [3.05, 3.63) is 29.8 Å². The fourth-order valence-corrected chi connectivity index (χ4v) is 1.75. The summed E-state index contributed by atoms with van der Waals surface area (Å²) in [4.78, 5) is 6.97. The largest absolute Gasteiger partial charge is 0.346 e. The van der Waals surface area contributed by atoms with Crippen LogP contribution in [0.1, 0.15) is 27.8 Å². The lowest BCUT2D eigenvalue weighted by Gasteiger charge is -2.20. The maximum atomic E-state index is 13.6. The average Bonchev–Trinajstić information content (AvgIpc) is 2.48. The number of hydrogen-bond donors (Lipinski definition) is 1. The first-order valence-corrected chi connectivity index (χ1v) is 4.62. The van der Waals surface area contributed by atoms with Crippen LogP contribution in [0.25, 0.3) is 11.0 Å². The van der Waals surface area contributed by atoms with E-state index < -0.39 is 0 Å². The summed E-state index contributed by atoms with van der Waals surface area (Å²) in [5.41, 5.74) is 1.27. The molecule has 0 aliphatic carbocycles. The molecule has 0 aliphatic rings. The molecular weight excluding hydrogens is 179 g/mol. The van der Waals surface area contributed by atoms with Gasteiger partial charge in [0.15, 0.2) is 0 Å². The third kappa shape index (κ3) is 1.29. The van der Waals surface area contributed by atoms with Gasteiger partial charge in [0.25, 0.3) is 0 Å². The van der Waals surface area contributed by atoms with Crippen molar-refractivity contribution in [1.29, 1.82) is 0 Å². The molecule has 0 bridgehead atoms. The molecule has 0 aliphatic heterocycles. The number of halogens is 1. The van der Waals surface area contributed by atoms with Crippen molar-refractivity contribution in [2.75, 3.05) is 0 Å². The van der Waals surface area contributed by atoms with Gasteiger partial charge in [-0.2, -0.15) is 0 Å². The number of fused-ring (bicyclic) bond motifs is 1. The van der Waals surface area contributed by atoms with Gasteiger partial charge in [0.1, 0.15) is 11.5 Å². The van der Waals surface area contributed by atoms with Crippen LogP contribution in [-0.4, -0.2) is 9.97 Å². The molecule has 2 aromatic rings. The van der Waals surface area contributed by atoms with Crippen LogP contribution in [0, 0.1) is 5.82 Å². The molecule has 76 valence electrons. The van der Waals surface area contributed by atoms with Crippen LogP contribution in [0.15, 0.2) is 18.5 Å². The second kappa shape index (κ2) is 2.80. The third-order valence-corrected chi connectivity index (χ3v) is 2.29. The molecule has 0 aromatic carbocycles. The summed E-state index contributed by atoms with van der Waals surface area (Å²) in [5, 5.41) is 0.873. The lowest BCUT2D eigenvalue weighted by atomic mass is 9.85. The average molecular weight is 194 g/mol. The van der Waals surface area contributed by atoms with Crippen molar-refractivity contribution >= 4 is 11.0 Å². The van der Waals surface area contributed by atoms with E-state index in [0.29, 0.717) is 0 Å². The van der Waals surface area contributed by atoms with Crippen LogP contribution in [0.3, 0.4) is 0 Å². The van der Waals surface area contributed by atoms with E-state index in [4.69, 9.17) is 0 Å². The lowest BCUT2D eigenvalue weighted by molar-refractivity contribution is 0.525. The predicted molar refractivity (Wildman–Crippen MR) is 56.9 cm³/mol. The molecule has 0 spiro atoms. The molecule has 0 unspecified atom stereocenters. The van der Waals surface area contributed by atoms with E-state index >= 15 is 0 Å². The SMILES string of the molecule is CC(C)(C)c1c(F)cnc2[nH]ccc12.[HH]. The van der Waals surface area contributed by atoms with Gasteiger partial charge in [0, 0.05) is 18.6 Å². The molecule has 1 N–H and O–H groups in total. The smallest absolute Gasteiger partial charge is 0.145 e. The summed E-state index contributed by atoms with van der Waals surface area (Å²) in [6, 6.07) is 1.87. The maximum absolute atomic E-state index is 13.6. The highest BCUT2D eigenvalue weighted by Gasteiger charge is 2.22. The van der Waals surface area contributed by atoms with Crippen molar-refractivity contribution < 1.29 is 5.82 Å². The van der Waals surface area contributed by atoms with Crippen LogP contribution in [-0.2, 0) is 5.41 Å². The number of pyridine rings is 1. The summed E-state index contributed by atoms with van der Waals surface area (Å²) in [6.07, 6.45) is 3.06. The standard InChI is InChI=1S/C11H13FN2.H2/c1-11(2,3)9-7-4-5-13-10(7)14-6-8(9)12;/h4-6H,1-3H3,(H,13,14);1H. The Morgan fingerprint density at radius 1 is 1.43 bits per heavy atom. The third-order valence-electron chi connectivity index (χ3n) is 2.29. The molecule has 2 nitrogen and oxygen atoms in total. The van der Waals surface area contributed by atoms with Crippen molar-refractivity contribution in [1.82, 2.24) is 9.97 Å². The molecule has 0 radical (unpaired) electrons. The molecule has 0 amide bonds. The molecule has 2 rings (SSSR count). The van der Waals surface area contributed by atoms with E-state index in [1.165, 1.54) is 6.20 Å². The molecule has 0 saturated heterocycles.